The number of likely N-dealkylation sites (tertiary alicyclic amines) is 1. The van der Waals surface area contributed by atoms with Crippen LogP contribution in [0.1, 0.15) is 33.6 Å². The summed E-state index contributed by atoms with van der Waals surface area (Å²) in [6.07, 6.45) is 1.72. The van der Waals surface area contributed by atoms with Crippen molar-refractivity contribution in [2.45, 2.75) is 51.8 Å². The predicted octanol–water partition coefficient (Wildman–Crippen LogP) is 3.44. The highest BCUT2D eigenvalue weighted by molar-refractivity contribution is 14.1. The van der Waals surface area contributed by atoms with Gasteiger partial charge in [-0.05, 0) is 74.4 Å². The largest absolute Gasteiger partial charge is 0.444 e. The lowest BCUT2D eigenvalue weighted by atomic mass is 10.2. The number of aromatic nitrogens is 3. The molecule has 1 atom stereocenters. The van der Waals surface area contributed by atoms with Gasteiger partial charge in [0, 0.05) is 10.1 Å². The van der Waals surface area contributed by atoms with Gasteiger partial charge in [-0.3, -0.25) is 0 Å². The summed E-state index contributed by atoms with van der Waals surface area (Å²) in [5.74, 6) is 0. The Kier molecular flexibility index (Phi) is 4.48. The van der Waals surface area contributed by atoms with Gasteiger partial charge < -0.3 is 9.64 Å². The number of hydrogen-bond donors (Lipinski definition) is 0. The third kappa shape index (κ3) is 3.76. The van der Waals surface area contributed by atoms with Crippen molar-refractivity contribution < 1.29 is 9.53 Å². The van der Waals surface area contributed by atoms with Crippen LogP contribution in [0.4, 0.5) is 4.79 Å². The average Bonchev–Trinajstić information content (AvgIpc) is 3.04. The second kappa shape index (κ2) is 6.26. The fourth-order valence-electron chi connectivity index (χ4n) is 2.87. The van der Waals surface area contributed by atoms with Gasteiger partial charge >= 0.3 is 6.09 Å². The highest BCUT2D eigenvalue weighted by atomic mass is 127. The summed E-state index contributed by atoms with van der Waals surface area (Å²) < 4.78 is 8.54. The molecule has 1 saturated heterocycles. The normalized spacial score (nSPS) is 18.6. The molecule has 7 heteroatoms. The van der Waals surface area contributed by atoms with Gasteiger partial charge in [0.05, 0.1) is 18.1 Å². The first-order valence-corrected chi connectivity index (χ1v) is 8.90. The first-order valence-electron chi connectivity index (χ1n) is 7.82. The maximum absolute atomic E-state index is 12.4. The molecule has 1 amide bonds. The molecule has 23 heavy (non-hydrogen) atoms. The fourth-order valence-corrected chi connectivity index (χ4v) is 3.34. The maximum atomic E-state index is 12.4. The number of carbonyl (C=O) groups excluding carboxylic acids is 1. The molecule has 0 radical (unpaired) electrons. The molecule has 0 bridgehead atoms. The Balaban J connectivity index is 1.76. The van der Waals surface area contributed by atoms with Crippen molar-refractivity contribution in [2.75, 3.05) is 6.54 Å². The molecule has 3 rings (SSSR count). The minimum Gasteiger partial charge on any atom is -0.444 e. The predicted molar refractivity (Wildman–Crippen MR) is 96.2 cm³/mol. The minimum absolute atomic E-state index is 0.106. The van der Waals surface area contributed by atoms with Crippen LogP contribution in [0.25, 0.3) is 11.0 Å². The van der Waals surface area contributed by atoms with Gasteiger partial charge in [0.1, 0.15) is 11.1 Å². The summed E-state index contributed by atoms with van der Waals surface area (Å²) in [6.45, 7) is 7.06. The lowest BCUT2D eigenvalue weighted by Gasteiger charge is -2.28. The number of ether oxygens (including phenoxy) is 1. The Morgan fingerprint density at radius 1 is 1.43 bits per heavy atom. The van der Waals surface area contributed by atoms with E-state index >= 15 is 0 Å². The number of amides is 1. The monoisotopic (exact) mass is 428 g/mol. The van der Waals surface area contributed by atoms with Crippen LogP contribution in [0.5, 0.6) is 0 Å². The molecule has 0 spiro atoms. The Morgan fingerprint density at radius 2 is 2.22 bits per heavy atom. The van der Waals surface area contributed by atoms with E-state index in [0.717, 1.165) is 34.0 Å². The van der Waals surface area contributed by atoms with E-state index in [4.69, 9.17) is 4.74 Å². The summed E-state index contributed by atoms with van der Waals surface area (Å²) in [5, 5.41) is 8.48. The number of nitrogens with zero attached hydrogens (tertiary/aromatic N) is 4. The maximum Gasteiger partial charge on any atom is 0.410 e. The van der Waals surface area contributed by atoms with Crippen LogP contribution < -0.4 is 0 Å². The number of rotatable bonds is 2. The van der Waals surface area contributed by atoms with Gasteiger partial charge in [-0.2, -0.15) is 0 Å². The smallest absolute Gasteiger partial charge is 0.410 e. The SMILES string of the molecule is CC(C)(C)OC(=O)N1CCCC1Cn1nnc2cc(I)ccc21. The zero-order valence-electron chi connectivity index (χ0n) is 13.6. The number of halogens is 1. The van der Waals surface area contributed by atoms with E-state index in [1.54, 1.807) is 0 Å². The number of hydrogen-bond acceptors (Lipinski definition) is 4. The molecule has 1 unspecified atom stereocenters. The van der Waals surface area contributed by atoms with Crippen LogP contribution in [-0.2, 0) is 11.3 Å². The quantitative estimate of drug-likeness (QED) is 0.688. The first-order chi connectivity index (χ1) is 10.8. The van der Waals surface area contributed by atoms with E-state index in [2.05, 4.69) is 32.9 Å². The second-order valence-electron chi connectivity index (χ2n) is 6.87. The van der Waals surface area contributed by atoms with Gasteiger partial charge in [-0.15, -0.1) is 5.10 Å². The molecule has 1 aliphatic heterocycles. The van der Waals surface area contributed by atoms with Crippen molar-refractivity contribution in [3.05, 3.63) is 21.8 Å². The lowest BCUT2D eigenvalue weighted by molar-refractivity contribution is 0.0212. The van der Waals surface area contributed by atoms with E-state index < -0.39 is 5.60 Å². The molecule has 1 aromatic carbocycles. The number of benzene rings is 1. The van der Waals surface area contributed by atoms with Crippen LogP contribution in [0.15, 0.2) is 18.2 Å². The summed E-state index contributed by atoms with van der Waals surface area (Å²) in [4.78, 5) is 14.2. The van der Waals surface area contributed by atoms with E-state index in [1.165, 1.54) is 0 Å². The fraction of sp³-hybridized carbons (Fsp3) is 0.562. The molecule has 2 aromatic rings. The van der Waals surface area contributed by atoms with Crippen molar-refractivity contribution in [2.24, 2.45) is 0 Å². The molecule has 1 aliphatic rings. The van der Waals surface area contributed by atoms with Gasteiger partial charge in [-0.1, -0.05) is 5.21 Å². The summed E-state index contributed by atoms with van der Waals surface area (Å²) in [7, 11) is 0. The van der Waals surface area contributed by atoms with Gasteiger partial charge in [-0.25, -0.2) is 9.48 Å². The Labute approximate surface area is 149 Å². The van der Waals surface area contributed by atoms with E-state index in [1.807, 2.05) is 48.6 Å². The average molecular weight is 428 g/mol. The molecular formula is C16H21IN4O2. The molecular weight excluding hydrogens is 407 g/mol. The molecule has 0 saturated carbocycles. The van der Waals surface area contributed by atoms with Crippen molar-refractivity contribution in [1.82, 2.24) is 19.9 Å². The highest BCUT2D eigenvalue weighted by Crippen LogP contribution is 2.23. The van der Waals surface area contributed by atoms with Crippen LogP contribution in [0.2, 0.25) is 0 Å². The summed E-state index contributed by atoms with van der Waals surface area (Å²) in [5.41, 5.74) is 1.42. The Bertz CT molecular complexity index is 722. The minimum atomic E-state index is -0.471. The highest BCUT2D eigenvalue weighted by Gasteiger charge is 2.32. The van der Waals surface area contributed by atoms with Gasteiger partial charge in [0.2, 0.25) is 0 Å². The molecule has 1 aromatic heterocycles. The second-order valence-corrected chi connectivity index (χ2v) is 8.12. The standard InChI is InChI=1S/C16H21IN4O2/c1-16(2,3)23-15(22)20-8-4-5-12(20)10-21-14-7-6-11(17)9-13(14)18-19-21/h6-7,9,12H,4-5,8,10H2,1-3H3. The summed E-state index contributed by atoms with van der Waals surface area (Å²) in [6, 6.07) is 6.20. The molecule has 0 N–H and O–H groups in total. The van der Waals surface area contributed by atoms with E-state index in [0.29, 0.717) is 6.54 Å². The zero-order chi connectivity index (χ0) is 16.6. The molecule has 124 valence electrons. The molecule has 0 aliphatic carbocycles. The van der Waals surface area contributed by atoms with E-state index in [-0.39, 0.29) is 12.1 Å². The van der Waals surface area contributed by atoms with Crippen molar-refractivity contribution >= 4 is 39.7 Å². The zero-order valence-corrected chi connectivity index (χ0v) is 15.8. The van der Waals surface area contributed by atoms with Crippen LogP contribution in [-0.4, -0.2) is 44.2 Å². The van der Waals surface area contributed by atoms with E-state index in [9.17, 15) is 4.79 Å². The third-order valence-corrected chi connectivity index (χ3v) is 4.54. The van der Waals surface area contributed by atoms with Crippen molar-refractivity contribution in [3.63, 3.8) is 0 Å². The first kappa shape index (κ1) is 16.5. The van der Waals surface area contributed by atoms with Gasteiger partial charge in [0.15, 0.2) is 0 Å². The van der Waals surface area contributed by atoms with Crippen molar-refractivity contribution in [3.8, 4) is 0 Å². The van der Waals surface area contributed by atoms with Crippen molar-refractivity contribution in [1.29, 1.82) is 0 Å². The Hall–Kier alpha value is -1.38. The van der Waals surface area contributed by atoms with Crippen LogP contribution >= 0.6 is 22.6 Å². The van der Waals surface area contributed by atoms with Crippen LogP contribution in [0, 0.1) is 3.57 Å². The topological polar surface area (TPSA) is 60.2 Å². The van der Waals surface area contributed by atoms with Gasteiger partial charge in [0.25, 0.3) is 0 Å². The lowest BCUT2D eigenvalue weighted by Crippen LogP contribution is -2.41. The third-order valence-electron chi connectivity index (χ3n) is 3.86. The Morgan fingerprint density at radius 3 is 2.96 bits per heavy atom. The summed E-state index contributed by atoms with van der Waals surface area (Å²) >= 11 is 2.27. The van der Waals surface area contributed by atoms with Crippen LogP contribution in [0.3, 0.4) is 0 Å². The molecule has 2 heterocycles. The number of carbonyl (C=O) groups is 1. The number of fused-ring (bicyclic) bond motifs is 1. The molecule has 1 fully saturated rings. The molecule has 6 nitrogen and oxygen atoms in total.